The second-order valence-electron chi connectivity index (χ2n) is 4.16. The highest BCUT2D eigenvalue weighted by atomic mass is 79.9. The first-order valence-electron chi connectivity index (χ1n) is 5.72. The first-order chi connectivity index (χ1) is 8.16. The Bertz CT molecular complexity index is 446. The average Bonchev–Trinajstić information content (AvgIpc) is 2.97. The highest BCUT2D eigenvalue weighted by molar-refractivity contribution is 9.09. The fraction of sp³-hybridized carbons (Fsp3) is 0.700. The van der Waals surface area contributed by atoms with E-state index >= 15 is 0 Å². The summed E-state index contributed by atoms with van der Waals surface area (Å²) in [5.41, 5.74) is 0. The monoisotopic (exact) mass is 321 g/mol. The summed E-state index contributed by atoms with van der Waals surface area (Å²) >= 11 is 3.38. The minimum atomic E-state index is -3.37. The number of halogens is 1. The number of nitrogens with one attached hydrogen (secondary N) is 1. The topological polar surface area (TPSA) is 66.1 Å². The molecule has 0 amide bonds. The van der Waals surface area contributed by atoms with E-state index in [0.717, 1.165) is 31.0 Å². The van der Waals surface area contributed by atoms with Crippen LogP contribution in [0.25, 0.3) is 0 Å². The predicted molar refractivity (Wildman–Crippen MR) is 68.5 cm³/mol. The van der Waals surface area contributed by atoms with Gasteiger partial charge in [0.25, 0.3) is 10.0 Å². The third-order valence-corrected chi connectivity index (χ3v) is 5.49. The van der Waals surface area contributed by atoms with E-state index in [1.54, 1.807) is 4.31 Å². The first-order valence-corrected chi connectivity index (χ1v) is 8.28. The zero-order valence-electron chi connectivity index (χ0n) is 9.47. The van der Waals surface area contributed by atoms with Crippen molar-refractivity contribution in [1.82, 2.24) is 14.3 Å². The standard InChI is InChI=1S/C10H16BrN3O2S/c11-5-1-3-9-4-2-6-14(9)17(15,16)10-7-12-8-13-10/h7-9H,1-6H2,(H,12,13). The van der Waals surface area contributed by atoms with Gasteiger partial charge in [0, 0.05) is 17.9 Å². The van der Waals surface area contributed by atoms with E-state index in [9.17, 15) is 8.42 Å². The van der Waals surface area contributed by atoms with E-state index in [-0.39, 0.29) is 11.1 Å². The first kappa shape index (κ1) is 13.0. The van der Waals surface area contributed by atoms with Gasteiger partial charge in [-0.1, -0.05) is 15.9 Å². The van der Waals surface area contributed by atoms with Crippen molar-refractivity contribution in [3.05, 3.63) is 12.5 Å². The van der Waals surface area contributed by atoms with E-state index in [1.807, 2.05) is 0 Å². The van der Waals surface area contributed by atoms with Crippen molar-refractivity contribution < 1.29 is 8.42 Å². The van der Waals surface area contributed by atoms with Gasteiger partial charge < -0.3 is 4.98 Å². The molecule has 0 spiro atoms. The molecule has 0 bridgehead atoms. The molecule has 0 aromatic carbocycles. The Morgan fingerprint density at radius 1 is 1.59 bits per heavy atom. The van der Waals surface area contributed by atoms with Gasteiger partial charge in [0.05, 0.1) is 12.5 Å². The molecule has 17 heavy (non-hydrogen) atoms. The molecule has 0 aliphatic carbocycles. The summed E-state index contributed by atoms with van der Waals surface area (Å²) in [5, 5.41) is 1.12. The Morgan fingerprint density at radius 3 is 3.06 bits per heavy atom. The number of sulfonamides is 1. The largest absolute Gasteiger partial charge is 0.335 e. The molecule has 1 atom stereocenters. The van der Waals surface area contributed by atoms with Crippen LogP contribution < -0.4 is 0 Å². The summed E-state index contributed by atoms with van der Waals surface area (Å²) in [6, 6.07) is 0.140. The van der Waals surface area contributed by atoms with Crippen molar-refractivity contribution in [2.75, 3.05) is 11.9 Å². The smallest absolute Gasteiger partial charge is 0.260 e. The molecule has 1 aromatic heterocycles. The zero-order chi connectivity index (χ0) is 12.3. The number of alkyl halides is 1. The maximum Gasteiger partial charge on any atom is 0.260 e. The van der Waals surface area contributed by atoms with Crippen LogP contribution in [-0.4, -0.2) is 40.6 Å². The number of imidazole rings is 1. The van der Waals surface area contributed by atoms with Crippen LogP contribution in [0.15, 0.2) is 17.6 Å². The highest BCUT2D eigenvalue weighted by Gasteiger charge is 2.35. The molecule has 1 N–H and O–H groups in total. The fourth-order valence-corrected chi connectivity index (χ4v) is 4.18. The Hall–Kier alpha value is -0.400. The number of H-pyrrole nitrogens is 1. The van der Waals surface area contributed by atoms with Crippen LogP contribution in [0.3, 0.4) is 0 Å². The molecule has 1 aliphatic heterocycles. The van der Waals surface area contributed by atoms with Crippen molar-refractivity contribution in [2.45, 2.75) is 36.8 Å². The van der Waals surface area contributed by atoms with Gasteiger partial charge >= 0.3 is 0 Å². The van der Waals surface area contributed by atoms with Crippen LogP contribution in [0, 0.1) is 0 Å². The van der Waals surface area contributed by atoms with Gasteiger partial charge in [0.15, 0.2) is 5.03 Å². The van der Waals surface area contributed by atoms with Gasteiger partial charge in [0.2, 0.25) is 0 Å². The molecule has 2 heterocycles. The van der Waals surface area contributed by atoms with E-state index in [2.05, 4.69) is 25.9 Å². The number of rotatable bonds is 5. The molecule has 0 saturated carbocycles. The van der Waals surface area contributed by atoms with Crippen LogP contribution in [0.2, 0.25) is 0 Å². The van der Waals surface area contributed by atoms with Crippen molar-refractivity contribution in [3.63, 3.8) is 0 Å². The van der Waals surface area contributed by atoms with Gasteiger partial charge in [-0.2, -0.15) is 4.31 Å². The summed E-state index contributed by atoms with van der Waals surface area (Å²) in [6.45, 7) is 0.619. The van der Waals surface area contributed by atoms with Gasteiger partial charge in [-0.05, 0) is 25.7 Å². The Labute approximate surface area is 110 Å². The highest BCUT2D eigenvalue weighted by Crippen LogP contribution is 2.27. The van der Waals surface area contributed by atoms with Gasteiger partial charge in [-0.25, -0.2) is 13.4 Å². The number of aromatic nitrogens is 2. The minimum absolute atomic E-state index is 0.140. The summed E-state index contributed by atoms with van der Waals surface area (Å²) in [5.74, 6) is 0. The van der Waals surface area contributed by atoms with Crippen molar-refractivity contribution >= 4 is 26.0 Å². The molecule has 7 heteroatoms. The molecule has 1 aliphatic rings. The Morgan fingerprint density at radius 2 is 2.41 bits per heavy atom. The number of nitrogens with zero attached hydrogens (tertiary/aromatic N) is 2. The third-order valence-electron chi connectivity index (χ3n) is 3.05. The maximum absolute atomic E-state index is 12.3. The van der Waals surface area contributed by atoms with Crippen molar-refractivity contribution in [3.8, 4) is 0 Å². The normalized spacial score (nSPS) is 22.1. The van der Waals surface area contributed by atoms with E-state index in [4.69, 9.17) is 0 Å². The van der Waals surface area contributed by atoms with Gasteiger partial charge in [-0.3, -0.25) is 0 Å². The number of hydrogen-bond acceptors (Lipinski definition) is 3. The maximum atomic E-state index is 12.3. The van der Waals surface area contributed by atoms with Crippen molar-refractivity contribution in [1.29, 1.82) is 0 Å². The minimum Gasteiger partial charge on any atom is -0.335 e. The summed E-state index contributed by atoms with van der Waals surface area (Å²) in [4.78, 5) is 6.46. The van der Waals surface area contributed by atoms with Crippen LogP contribution in [-0.2, 0) is 10.0 Å². The lowest BCUT2D eigenvalue weighted by Gasteiger charge is -2.22. The lowest BCUT2D eigenvalue weighted by molar-refractivity contribution is 0.368. The zero-order valence-corrected chi connectivity index (χ0v) is 11.9. The molecule has 1 fully saturated rings. The van der Waals surface area contributed by atoms with Crippen LogP contribution in [0.4, 0.5) is 0 Å². The van der Waals surface area contributed by atoms with E-state index in [1.165, 1.54) is 12.5 Å². The second kappa shape index (κ2) is 5.49. The molecule has 1 unspecified atom stereocenters. The fourth-order valence-electron chi connectivity index (χ4n) is 2.24. The average molecular weight is 322 g/mol. The summed E-state index contributed by atoms with van der Waals surface area (Å²) in [7, 11) is -3.37. The lowest BCUT2D eigenvalue weighted by atomic mass is 10.1. The number of aromatic amines is 1. The lowest BCUT2D eigenvalue weighted by Crippen LogP contribution is -2.35. The molecule has 1 aromatic rings. The summed E-state index contributed by atoms with van der Waals surface area (Å²) < 4.78 is 26.2. The van der Waals surface area contributed by atoms with Crippen LogP contribution in [0.5, 0.6) is 0 Å². The second-order valence-corrected chi connectivity index (χ2v) is 6.81. The molecular formula is C10H16BrN3O2S. The van der Waals surface area contributed by atoms with Crippen molar-refractivity contribution in [2.24, 2.45) is 0 Å². The molecule has 2 rings (SSSR count). The number of hydrogen-bond donors (Lipinski definition) is 1. The van der Waals surface area contributed by atoms with E-state index in [0.29, 0.717) is 6.54 Å². The van der Waals surface area contributed by atoms with E-state index < -0.39 is 10.0 Å². The van der Waals surface area contributed by atoms with Crippen LogP contribution in [0.1, 0.15) is 25.7 Å². The summed E-state index contributed by atoms with van der Waals surface area (Å²) in [6.07, 6.45) is 6.59. The molecule has 1 saturated heterocycles. The molecule has 96 valence electrons. The van der Waals surface area contributed by atoms with Gasteiger partial charge in [-0.15, -0.1) is 0 Å². The Balaban J connectivity index is 2.15. The molecule has 5 nitrogen and oxygen atoms in total. The molecule has 0 radical (unpaired) electrons. The quantitative estimate of drug-likeness (QED) is 0.840. The third kappa shape index (κ3) is 2.71. The predicted octanol–water partition coefficient (Wildman–Crippen LogP) is 1.74. The van der Waals surface area contributed by atoms with Gasteiger partial charge in [0.1, 0.15) is 0 Å². The Kier molecular flexibility index (Phi) is 4.22. The SMILES string of the molecule is O=S(=O)(c1cnc[nH]1)N1CCCC1CCCBr. The molecular weight excluding hydrogens is 306 g/mol. The van der Waals surface area contributed by atoms with Crippen LogP contribution >= 0.6 is 15.9 Å².